The minimum absolute atomic E-state index is 0.0982. The fourth-order valence-corrected chi connectivity index (χ4v) is 2.12. The lowest BCUT2D eigenvalue weighted by molar-refractivity contribution is -0.135. The van der Waals surface area contributed by atoms with Gasteiger partial charge in [-0.1, -0.05) is 37.3 Å². The molecule has 0 saturated heterocycles. The van der Waals surface area contributed by atoms with Gasteiger partial charge in [-0.15, -0.1) is 0 Å². The quantitative estimate of drug-likeness (QED) is 0.803. The molecule has 0 saturated carbocycles. The van der Waals surface area contributed by atoms with Gasteiger partial charge in [0.15, 0.2) is 0 Å². The molecule has 3 heteroatoms. The van der Waals surface area contributed by atoms with Crippen LogP contribution in [0.1, 0.15) is 25.8 Å². The van der Waals surface area contributed by atoms with E-state index >= 15 is 0 Å². The molecule has 1 atom stereocenters. The number of amides is 1. The van der Waals surface area contributed by atoms with Crippen LogP contribution in [0.3, 0.4) is 0 Å². The number of rotatable bonds is 7. The summed E-state index contributed by atoms with van der Waals surface area (Å²) in [4.78, 5) is 14.2. The molecule has 2 N–H and O–H groups in total. The Labute approximate surface area is 110 Å². The molecule has 3 nitrogen and oxygen atoms in total. The first-order chi connectivity index (χ1) is 8.72. The van der Waals surface area contributed by atoms with Gasteiger partial charge < -0.3 is 10.6 Å². The summed E-state index contributed by atoms with van der Waals surface area (Å²) in [6.45, 7) is 6.10. The van der Waals surface area contributed by atoms with Gasteiger partial charge in [0.2, 0.25) is 5.91 Å². The fraction of sp³-hybridized carbons (Fsp3) is 0.533. The molecular weight excluding hydrogens is 224 g/mol. The number of hydrogen-bond acceptors (Lipinski definition) is 2. The van der Waals surface area contributed by atoms with E-state index in [1.54, 1.807) is 0 Å². The van der Waals surface area contributed by atoms with E-state index in [1.165, 1.54) is 5.56 Å². The van der Waals surface area contributed by atoms with Gasteiger partial charge >= 0.3 is 0 Å². The Morgan fingerprint density at radius 3 is 2.44 bits per heavy atom. The Morgan fingerprint density at radius 1 is 1.28 bits per heavy atom. The second kappa shape index (κ2) is 7.88. The molecule has 0 heterocycles. The van der Waals surface area contributed by atoms with E-state index in [0.29, 0.717) is 6.54 Å². The third-order valence-corrected chi connectivity index (χ3v) is 3.15. The van der Waals surface area contributed by atoms with Gasteiger partial charge in [-0.3, -0.25) is 4.79 Å². The van der Waals surface area contributed by atoms with Crippen molar-refractivity contribution in [3.8, 4) is 0 Å². The van der Waals surface area contributed by atoms with Crippen molar-refractivity contribution >= 4 is 5.91 Å². The van der Waals surface area contributed by atoms with E-state index < -0.39 is 0 Å². The molecule has 0 radical (unpaired) electrons. The maximum atomic E-state index is 12.3. The minimum Gasteiger partial charge on any atom is -0.343 e. The van der Waals surface area contributed by atoms with Crippen LogP contribution in [0.15, 0.2) is 30.3 Å². The summed E-state index contributed by atoms with van der Waals surface area (Å²) in [5.74, 6) is 0.0876. The van der Waals surface area contributed by atoms with E-state index in [0.717, 1.165) is 25.9 Å². The topological polar surface area (TPSA) is 46.3 Å². The van der Waals surface area contributed by atoms with Crippen LogP contribution in [0.4, 0.5) is 0 Å². The lowest BCUT2D eigenvalue weighted by atomic mass is 9.98. The van der Waals surface area contributed by atoms with Crippen LogP contribution in [-0.2, 0) is 11.2 Å². The Kier molecular flexibility index (Phi) is 6.44. The van der Waals surface area contributed by atoms with Gasteiger partial charge in [0.25, 0.3) is 0 Å². The number of carbonyl (C=O) groups is 1. The van der Waals surface area contributed by atoms with Crippen LogP contribution in [0, 0.1) is 5.92 Å². The smallest absolute Gasteiger partial charge is 0.227 e. The minimum atomic E-state index is -0.0982. The first-order valence-corrected chi connectivity index (χ1v) is 6.75. The molecule has 0 aromatic heterocycles. The molecule has 0 aliphatic heterocycles. The number of nitrogens with two attached hydrogens (primary N) is 1. The van der Waals surface area contributed by atoms with Gasteiger partial charge in [0.05, 0.1) is 5.92 Å². The zero-order valence-corrected chi connectivity index (χ0v) is 11.4. The van der Waals surface area contributed by atoms with Crippen molar-refractivity contribution in [2.75, 3.05) is 19.6 Å². The number of nitrogens with zero attached hydrogens (tertiary/aromatic N) is 1. The molecule has 0 aliphatic rings. The molecule has 1 rings (SSSR count). The highest BCUT2D eigenvalue weighted by molar-refractivity contribution is 5.79. The molecule has 1 unspecified atom stereocenters. The van der Waals surface area contributed by atoms with Gasteiger partial charge in [-0.2, -0.15) is 0 Å². The highest BCUT2D eigenvalue weighted by Gasteiger charge is 2.21. The molecule has 1 aromatic carbocycles. The molecule has 0 fully saturated rings. The monoisotopic (exact) mass is 248 g/mol. The summed E-state index contributed by atoms with van der Waals surface area (Å²) >= 11 is 0. The normalized spacial score (nSPS) is 12.2. The highest BCUT2D eigenvalue weighted by atomic mass is 16.2. The average Bonchev–Trinajstić information content (AvgIpc) is 2.42. The average molecular weight is 248 g/mol. The Bertz CT molecular complexity index is 351. The third-order valence-electron chi connectivity index (χ3n) is 3.15. The van der Waals surface area contributed by atoms with Crippen LogP contribution in [0.5, 0.6) is 0 Å². The standard InChI is InChI=1S/C15H24N2O/c1-3-10-17(4-2)15(18)14(12-16)11-13-8-6-5-7-9-13/h5-9,14H,3-4,10-12,16H2,1-2H3. The SMILES string of the molecule is CCCN(CC)C(=O)C(CN)Cc1ccccc1. The zero-order valence-electron chi connectivity index (χ0n) is 11.4. The van der Waals surface area contributed by atoms with E-state index in [9.17, 15) is 4.79 Å². The first-order valence-electron chi connectivity index (χ1n) is 6.75. The van der Waals surface area contributed by atoms with Crippen LogP contribution in [-0.4, -0.2) is 30.4 Å². The molecule has 100 valence electrons. The number of hydrogen-bond donors (Lipinski definition) is 1. The highest BCUT2D eigenvalue weighted by Crippen LogP contribution is 2.11. The fourth-order valence-electron chi connectivity index (χ4n) is 2.12. The van der Waals surface area contributed by atoms with Crippen molar-refractivity contribution in [3.63, 3.8) is 0 Å². The van der Waals surface area contributed by atoms with E-state index in [2.05, 4.69) is 6.92 Å². The summed E-state index contributed by atoms with van der Waals surface area (Å²) in [7, 11) is 0. The second-order valence-electron chi connectivity index (χ2n) is 4.54. The molecule has 0 bridgehead atoms. The van der Waals surface area contributed by atoms with Crippen molar-refractivity contribution < 1.29 is 4.79 Å². The third kappa shape index (κ3) is 4.15. The number of benzene rings is 1. The molecule has 0 aliphatic carbocycles. The Hall–Kier alpha value is -1.35. The summed E-state index contributed by atoms with van der Waals surface area (Å²) < 4.78 is 0. The maximum Gasteiger partial charge on any atom is 0.227 e. The van der Waals surface area contributed by atoms with Gasteiger partial charge in [0, 0.05) is 19.6 Å². The summed E-state index contributed by atoms with van der Waals surface area (Å²) in [5.41, 5.74) is 6.94. The van der Waals surface area contributed by atoms with Crippen molar-refractivity contribution in [1.82, 2.24) is 4.90 Å². The molecular formula is C15H24N2O. The molecule has 1 amide bonds. The predicted octanol–water partition coefficient (Wildman–Crippen LogP) is 2.06. The molecule has 18 heavy (non-hydrogen) atoms. The van der Waals surface area contributed by atoms with Crippen molar-refractivity contribution in [1.29, 1.82) is 0 Å². The maximum absolute atomic E-state index is 12.3. The van der Waals surface area contributed by atoms with Gasteiger partial charge in [-0.05, 0) is 25.3 Å². The lowest BCUT2D eigenvalue weighted by Gasteiger charge is -2.25. The molecule has 0 spiro atoms. The summed E-state index contributed by atoms with van der Waals surface area (Å²) in [5, 5.41) is 0. The predicted molar refractivity (Wildman–Crippen MR) is 75.2 cm³/mol. The Balaban J connectivity index is 2.67. The largest absolute Gasteiger partial charge is 0.343 e. The van der Waals surface area contributed by atoms with Crippen molar-refractivity contribution in [2.24, 2.45) is 11.7 Å². The van der Waals surface area contributed by atoms with Crippen LogP contribution in [0.2, 0.25) is 0 Å². The van der Waals surface area contributed by atoms with E-state index in [1.807, 2.05) is 42.2 Å². The van der Waals surface area contributed by atoms with E-state index in [4.69, 9.17) is 5.73 Å². The molecule has 1 aromatic rings. The van der Waals surface area contributed by atoms with Crippen LogP contribution in [0.25, 0.3) is 0 Å². The first kappa shape index (κ1) is 14.7. The number of carbonyl (C=O) groups excluding carboxylic acids is 1. The second-order valence-corrected chi connectivity index (χ2v) is 4.54. The zero-order chi connectivity index (χ0) is 13.4. The van der Waals surface area contributed by atoms with Crippen molar-refractivity contribution in [3.05, 3.63) is 35.9 Å². The van der Waals surface area contributed by atoms with Gasteiger partial charge in [0.1, 0.15) is 0 Å². The summed E-state index contributed by atoms with van der Waals surface area (Å²) in [6, 6.07) is 10.1. The van der Waals surface area contributed by atoms with E-state index in [-0.39, 0.29) is 11.8 Å². The Morgan fingerprint density at radius 2 is 1.94 bits per heavy atom. The summed E-state index contributed by atoms with van der Waals surface area (Å²) in [6.07, 6.45) is 1.72. The van der Waals surface area contributed by atoms with Crippen LogP contribution >= 0.6 is 0 Å². The lowest BCUT2D eigenvalue weighted by Crippen LogP contribution is -2.40. The van der Waals surface area contributed by atoms with Crippen molar-refractivity contribution in [2.45, 2.75) is 26.7 Å². The van der Waals surface area contributed by atoms with Gasteiger partial charge in [-0.25, -0.2) is 0 Å². The van der Waals surface area contributed by atoms with Crippen LogP contribution < -0.4 is 5.73 Å².